The first-order chi connectivity index (χ1) is 9.15. The Hall–Kier alpha value is -1.17. The smallest absolute Gasteiger partial charge is 0.178 e. The van der Waals surface area contributed by atoms with Gasteiger partial charge in [0.25, 0.3) is 0 Å². The predicted molar refractivity (Wildman–Crippen MR) is 82.7 cm³/mol. The zero-order chi connectivity index (χ0) is 13.4. The Balaban J connectivity index is 1.96. The van der Waals surface area contributed by atoms with Gasteiger partial charge in [-0.05, 0) is 31.3 Å². The molecule has 0 aliphatic heterocycles. The summed E-state index contributed by atoms with van der Waals surface area (Å²) in [5.74, 6) is 0. The van der Waals surface area contributed by atoms with Crippen molar-refractivity contribution in [1.29, 1.82) is 0 Å². The van der Waals surface area contributed by atoms with Gasteiger partial charge in [0, 0.05) is 24.0 Å². The molecule has 3 rings (SSSR count). The van der Waals surface area contributed by atoms with E-state index in [1.165, 1.54) is 0 Å². The van der Waals surface area contributed by atoms with E-state index in [1.807, 2.05) is 29.7 Å². The van der Waals surface area contributed by atoms with Gasteiger partial charge in [-0.2, -0.15) is 0 Å². The standard InChI is InChI=1S/C13H12ClN3S2/c1-8-7-19-11(15-8)5-6-17-12-9(14)3-2-4-10(12)16-13(17)18/h2-4,7H,5-6H2,1H3,(H,16,18). The summed E-state index contributed by atoms with van der Waals surface area (Å²) in [6.45, 7) is 2.80. The van der Waals surface area contributed by atoms with Gasteiger partial charge in [0.15, 0.2) is 4.77 Å². The maximum Gasteiger partial charge on any atom is 0.178 e. The van der Waals surface area contributed by atoms with Crippen molar-refractivity contribution in [2.75, 3.05) is 0 Å². The van der Waals surface area contributed by atoms with E-state index >= 15 is 0 Å². The molecule has 98 valence electrons. The molecular weight excluding hydrogens is 298 g/mol. The van der Waals surface area contributed by atoms with Crippen molar-refractivity contribution in [3.8, 4) is 0 Å². The lowest BCUT2D eigenvalue weighted by Gasteiger charge is -2.04. The molecule has 0 fully saturated rings. The first kappa shape index (κ1) is 12.8. The maximum atomic E-state index is 6.26. The minimum absolute atomic E-state index is 0.705. The molecule has 0 bridgehead atoms. The Kier molecular flexibility index (Phi) is 3.43. The average Bonchev–Trinajstić information content (AvgIpc) is 2.91. The van der Waals surface area contributed by atoms with Crippen LogP contribution in [0.4, 0.5) is 0 Å². The van der Waals surface area contributed by atoms with Crippen LogP contribution < -0.4 is 0 Å². The molecule has 2 heterocycles. The largest absolute Gasteiger partial charge is 0.331 e. The lowest BCUT2D eigenvalue weighted by atomic mass is 10.3. The van der Waals surface area contributed by atoms with Gasteiger partial charge in [-0.25, -0.2) is 4.98 Å². The number of nitrogens with zero attached hydrogens (tertiary/aromatic N) is 2. The lowest BCUT2D eigenvalue weighted by molar-refractivity contribution is 0.703. The number of halogens is 1. The molecule has 0 radical (unpaired) electrons. The number of thiazole rings is 1. The summed E-state index contributed by atoms with van der Waals surface area (Å²) in [6, 6.07) is 5.79. The topological polar surface area (TPSA) is 33.6 Å². The molecule has 2 aromatic heterocycles. The Morgan fingerprint density at radius 2 is 2.32 bits per heavy atom. The molecule has 0 saturated carbocycles. The Labute approximate surface area is 124 Å². The number of para-hydroxylation sites is 1. The molecule has 0 aliphatic rings. The van der Waals surface area contributed by atoms with Crippen LogP contribution in [0.3, 0.4) is 0 Å². The highest BCUT2D eigenvalue weighted by Crippen LogP contribution is 2.23. The van der Waals surface area contributed by atoms with E-state index in [9.17, 15) is 0 Å². The van der Waals surface area contributed by atoms with E-state index in [0.29, 0.717) is 4.77 Å². The Bertz CT molecular complexity index is 785. The molecular formula is C13H12ClN3S2. The molecule has 0 atom stereocenters. The molecule has 1 N–H and O–H groups in total. The Morgan fingerprint density at radius 3 is 3.05 bits per heavy atom. The molecule has 3 nitrogen and oxygen atoms in total. The minimum Gasteiger partial charge on any atom is -0.331 e. The van der Waals surface area contributed by atoms with Gasteiger partial charge in [0.1, 0.15) is 0 Å². The molecule has 0 spiro atoms. The predicted octanol–water partition coefficient (Wildman–Crippen LogP) is 4.36. The van der Waals surface area contributed by atoms with Crippen molar-refractivity contribution in [2.24, 2.45) is 0 Å². The summed E-state index contributed by atoms with van der Waals surface area (Å²) in [5.41, 5.74) is 3.02. The van der Waals surface area contributed by atoms with Crippen molar-refractivity contribution in [3.05, 3.63) is 44.1 Å². The van der Waals surface area contributed by atoms with E-state index < -0.39 is 0 Å². The lowest BCUT2D eigenvalue weighted by Crippen LogP contribution is -2.01. The summed E-state index contributed by atoms with van der Waals surface area (Å²) < 4.78 is 2.75. The zero-order valence-electron chi connectivity index (χ0n) is 10.3. The second-order valence-electron chi connectivity index (χ2n) is 4.35. The van der Waals surface area contributed by atoms with E-state index in [1.54, 1.807) is 11.3 Å². The van der Waals surface area contributed by atoms with Gasteiger partial charge in [-0.15, -0.1) is 11.3 Å². The number of hydrogen-bond acceptors (Lipinski definition) is 3. The fourth-order valence-electron chi connectivity index (χ4n) is 2.11. The first-order valence-electron chi connectivity index (χ1n) is 5.93. The molecule has 0 aliphatic carbocycles. The van der Waals surface area contributed by atoms with Crippen molar-refractivity contribution in [3.63, 3.8) is 0 Å². The third kappa shape index (κ3) is 2.45. The number of fused-ring (bicyclic) bond motifs is 1. The quantitative estimate of drug-likeness (QED) is 0.729. The van der Waals surface area contributed by atoms with E-state index in [2.05, 4.69) is 15.3 Å². The average molecular weight is 310 g/mol. The summed E-state index contributed by atoms with van der Waals surface area (Å²) in [7, 11) is 0. The third-order valence-corrected chi connectivity index (χ3v) is 4.61. The molecule has 3 aromatic rings. The third-order valence-electron chi connectivity index (χ3n) is 2.96. The maximum absolute atomic E-state index is 6.26. The van der Waals surface area contributed by atoms with Crippen LogP contribution in [-0.4, -0.2) is 14.5 Å². The molecule has 19 heavy (non-hydrogen) atoms. The van der Waals surface area contributed by atoms with Crippen molar-refractivity contribution in [1.82, 2.24) is 14.5 Å². The molecule has 6 heteroatoms. The van der Waals surface area contributed by atoms with Crippen LogP contribution in [0, 0.1) is 11.7 Å². The summed E-state index contributed by atoms with van der Waals surface area (Å²) in [6.07, 6.45) is 0.866. The molecule has 1 aromatic carbocycles. The number of imidazole rings is 1. The fraction of sp³-hybridized carbons (Fsp3) is 0.231. The van der Waals surface area contributed by atoms with Crippen LogP contribution in [0.1, 0.15) is 10.7 Å². The van der Waals surface area contributed by atoms with Crippen molar-refractivity contribution in [2.45, 2.75) is 19.9 Å². The van der Waals surface area contributed by atoms with Gasteiger partial charge < -0.3 is 9.55 Å². The summed E-state index contributed by atoms with van der Waals surface area (Å²) in [4.78, 5) is 7.66. The monoisotopic (exact) mass is 309 g/mol. The van der Waals surface area contributed by atoms with Gasteiger partial charge in [-0.1, -0.05) is 17.7 Å². The summed E-state index contributed by atoms with van der Waals surface area (Å²) in [5, 5.41) is 3.91. The van der Waals surface area contributed by atoms with Crippen LogP contribution in [-0.2, 0) is 13.0 Å². The summed E-state index contributed by atoms with van der Waals surface area (Å²) >= 11 is 13.3. The van der Waals surface area contributed by atoms with Crippen LogP contribution in [0.2, 0.25) is 5.02 Å². The number of benzene rings is 1. The zero-order valence-corrected chi connectivity index (χ0v) is 12.7. The van der Waals surface area contributed by atoms with Crippen LogP contribution in [0.25, 0.3) is 11.0 Å². The number of rotatable bonds is 3. The van der Waals surface area contributed by atoms with Crippen LogP contribution in [0.15, 0.2) is 23.6 Å². The highest BCUT2D eigenvalue weighted by Gasteiger charge is 2.08. The number of H-pyrrole nitrogens is 1. The van der Waals surface area contributed by atoms with Gasteiger partial charge >= 0.3 is 0 Å². The first-order valence-corrected chi connectivity index (χ1v) is 7.60. The van der Waals surface area contributed by atoms with E-state index in [4.69, 9.17) is 23.8 Å². The number of aromatic nitrogens is 3. The number of aryl methyl sites for hydroxylation is 3. The van der Waals surface area contributed by atoms with Crippen LogP contribution >= 0.6 is 35.2 Å². The van der Waals surface area contributed by atoms with Gasteiger partial charge in [-0.3, -0.25) is 0 Å². The van der Waals surface area contributed by atoms with E-state index in [0.717, 1.165) is 39.7 Å². The molecule has 0 amide bonds. The minimum atomic E-state index is 0.705. The van der Waals surface area contributed by atoms with Crippen molar-refractivity contribution >= 4 is 46.2 Å². The van der Waals surface area contributed by atoms with Gasteiger partial charge in [0.2, 0.25) is 0 Å². The highest BCUT2D eigenvalue weighted by molar-refractivity contribution is 7.71. The highest BCUT2D eigenvalue weighted by atomic mass is 35.5. The molecule has 0 saturated heterocycles. The van der Waals surface area contributed by atoms with Crippen LogP contribution in [0.5, 0.6) is 0 Å². The fourth-order valence-corrected chi connectivity index (χ4v) is 3.45. The Morgan fingerprint density at radius 1 is 1.47 bits per heavy atom. The second-order valence-corrected chi connectivity index (χ2v) is 6.09. The molecule has 0 unspecified atom stereocenters. The normalized spacial score (nSPS) is 11.3. The van der Waals surface area contributed by atoms with Gasteiger partial charge in [0.05, 0.1) is 21.1 Å². The number of hydrogen-bond donors (Lipinski definition) is 1. The number of aromatic amines is 1. The second kappa shape index (κ2) is 5.07. The van der Waals surface area contributed by atoms with Crippen molar-refractivity contribution < 1.29 is 0 Å². The van der Waals surface area contributed by atoms with E-state index in [-0.39, 0.29) is 0 Å². The number of nitrogens with one attached hydrogen (secondary N) is 1. The SMILES string of the molecule is Cc1csc(CCn2c(=S)[nH]c3cccc(Cl)c32)n1.